The van der Waals surface area contributed by atoms with Crippen molar-refractivity contribution in [2.75, 3.05) is 18.5 Å². The summed E-state index contributed by atoms with van der Waals surface area (Å²) in [4.78, 5) is 24.3. The second-order valence-corrected chi connectivity index (χ2v) is 6.62. The zero-order chi connectivity index (χ0) is 19.1. The molecule has 0 radical (unpaired) electrons. The number of hydrogen-bond acceptors (Lipinski definition) is 4. The van der Waals surface area contributed by atoms with E-state index in [9.17, 15) is 9.59 Å². The van der Waals surface area contributed by atoms with Gasteiger partial charge in [-0.3, -0.25) is 4.79 Å². The van der Waals surface area contributed by atoms with Crippen LogP contribution in [0.25, 0.3) is 0 Å². The van der Waals surface area contributed by atoms with Crippen LogP contribution in [0.2, 0.25) is 0 Å². The molecule has 0 unspecified atom stereocenters. The second kappa shape index (κ2) is 9.04. The molecular formula is C21H25NO4. The molecule has 5 nitrogen and oxygen atoms in total. The lowest BCUT2D eigenvalue weighted by Gasteiger charge is -2.12. The summed E-state index contributed by atoms with van der Waals surface area (Å²) in [6.07, 6.45) is 0. The van der Waals surface area contributed by atoms with Gasteiger partial charge in [0.25, 0.3) is 5.91 Å². The van der Waals surface area contributed by atoms with Crippen LogP contribution in [0.5, 0.6) is 5.75 Å². The molecular weight excluding hydrogens is 330 g/mol. The van der Waals surface area contributed by atoms with E-state index in [1.54, 1.807) is 24.3 Å². The minimum absolute atomic E-state index is 0.344. The van der Waals surface area contributed by atoms with Gasteiger partial charge in [0.15, 0.2) is 6.61 Å². The fourth-order valence-electron chi connectivity index (χ4n) is 2.38. The highest BCUT2D eigenvalue weighted by atomic mass is 16.5. The van der Waals surface area contributed by atoms with Crippen LogP contribution >= 0.6 is 0 Å². The average molecular weight is 355 g/mol. The van der Waals surface area contributed by atoms with Crippen molar-refractivity contribution in [1.29, 1.82) is 0 Å². The molecule has 0 bridgehead atoms. The van der Waals surface area contributed by atoms with E-state index >= 15 is 0 Å². The lowest BCUT2D eigenvalue weighted by atomic mass is 10.1. The highest BCUT2D eigenvalue weighted by Crippen LogP contribution is 2.19. The Bertz CT molecular complexity index is 763. The minimum atomic E-state index is -0.559. The molecule has 0 aromatic heterocycles. The third kappa shape index (κ3) is 5.62. The maximum Gasteiger partial charge on any atom is 0.338 e. The Kier molecular flexibility index (Phi) is 6.78. The molecule has 0 aliphatic rings. The molecule has 2 aromatic carbocycles. The first kappa shape index (κ1) is 19.5. The second-order valence-electron chi connectivity index (χ2n) is 6.62. The molecule has 1 N–H and O–H groups in total. The highest BCUT2D eigenvalue weighted by molar-refractivity contribution is 5.96. The minimum Gasteiger partial charge on any atom is -0.493 e. The fraction of sp³-hybridized carbons (Fsp3) is 0.333. The maximum absolute atomic E-state index is 12.2. The maximum atomic E-state index is 12.2. The number of hydrogen-bond donors (Lipinski definition) is 1. The molecule has 138 valence electrons. The van der Waals surface area contributed by atoms with E-state index in [-0.39, 0.29) is 12.5 Å². The molecule has 0 atom stereocenters. The summed E-state index contributed by atoms with van der Waals surface area (Å²) >= 11 is 0. The Morgan fingerprint density at radius 3 is 2.35 bits per heavy atom. The van der Waals surface area contributed by atoms with Crippen LogP contribution in [0.3, 0.4) is 0 Å². The number of benzene rings is 2. The van der Waals surface area contributed by atoms with Crippen LogP contribution in [0.15, 0.2) is 42.5 Å². The standard InChI is InChI=1S/C21H25NO4/c1-14(2)12-25-18-10-6-9-17(11-18)21(24)26-13-19(23)22-20-15(3)7-5-8-16(20)4/h5-11,14H,12-13H2,1-4H3,(H,22,23). The van der Waals surface area contributed by atoms with E-state index in [4.69, 9.17) is 9.47 Å². The summed E-state index contributed by atoms with van der Waals surface area (Å²) in [7, 11) is 0. The first-order chi connectivity index (χ1) is 12.4. The topological polar surface area (TPSA) is 64.6 Å². The smallest absolute Gasteiger partial charge is 0.338 e. The number of ether oxygens (including phenoxy) is 2. The number of para-hydroxylation sites is 1. The van der Waals surface area contributed by atoms with Gasteiger partial charge in [-0.25, -0.2) is 4.79 Å². The van der Waals surface area contributed by atoms with Crippen molar-refractivity contribution in [3.8, 4) is 5.75 Å². The molecule has 2 rings (SSSR count). The van der Waals surface area contributed by atoms with Crippen LogP contribution < -0.4 is 10.1 Å². The largest absolute Gasteiger partial charge is 0.493 e. The SMILES string of the molecule is Cc1cccc(C)c1NC(=O)COC(=O)c1cccc(OCC(C)C)c1. The number of nitrogens with one attached hydrogen (secondary N) is 1. The van der Waals surface area contributed by atoms with Gasteiger partial charge in [0.1, 0.15) is 5.75 Å². The molecule has 0 aliphatic heterocycles. The highest BCUT2D eigenvalue weighted by Gasteiger charge is 2.13. The van der Waals surface area contributed by atoms with E-state index in [1.165, 1.54) is 0 Å². The van der Waals surface area contributed by atoms with Crippen LogP contribution in [-0.4, -0.2) is 25.1 Å². The number of esters is 1. The number of amides is 1. The third-order valence-electron chi connectivity index (χ3n) is 3.73. The number of carbonyl (C=O) groups is 2. The number of anilines is 1. The monoisotopic (exact) mass is 355 g/mol. The quantitative estimate of drug-likeness (QED) is 0.758. The molecule has 1 amide bonds. The van der Waals surface area contributed by atoms with Crippen LogP contribution in [0.1, 0.15) is 35.3 Å². The summed E-state index contributed by atoms with van der Waals surface area (Å²) in [6, 6.07) is 12.5. The number of carbonyl (C=O) groups excluding carboxylic acids is 2. The van der Waals surface area contributed by atoms with Gasteiger partial charge >= 0.3 is 5.97 Å². The Labute approximate surface area is 154 Å². The summed E-state index contributed by atoms with van der Waals surface area (Å²) < 4.78 is 10.7. The summed E-state index contributed by atoms with van der Waals surface area (Å²) in [5, 5.41) is 2.79. The van der Waals surface area contributed by atoms with Crippen LogP contribution in [0, 0.1) is 19.8 Å². The van der Waals surface area contributed by atoms with Crippen LogP contribution in [-0.2, 0) is 9.53 Å². The van der Waals surface area contributed by atoms with Crippen molar-refractivity contribution >= 4 is 17.6 Å². The molecule has 0 spiro atoms. The van der Waals surface area contributed by atoms with E-state index < -0.39 is 5.97 Å². The van der Waals surface area contributed by atoms with Gasteiger partial charge < -0.3 is 14.8 Å². The van der Waals surface area contributed by atoms with E-state index in [0.717, 1.165) is 16.8 Å². The Morgan fingerprint density at radius 1 is 1.04 bits per heavy atom. The predicted octanol–water partition coefficient (Wildman–Crippen LogP) is 4.13. The van der Waals surface area contributed by atoms with Crippen molar-refractivity contribution in [3.05, 3.63) is 59.2 Å². The molecule has 2 aromatic rings. The molecule has 0 aliphatic carbocycles. The Hall–Kier alpha value is -2.82. The van der Waals surface area contributed by atoms with Gasteiger partial charge in [-0.2, -0.15) is 0 Å². The first-order valence-corrected chi connectivity index (χ1v) is 8.63. The van der Waals surface area contributed by atoms with Gasteiger partial charge in [-0.1, -0.05) is 38.1 Å². The van der Waals surface area contributed by atoms with Gasteiger partial charge in [-0.05, 0) is 49.1 Å². The molecule has 0 saturated heterocycles. The van der Waals surface area contributed by atoms with Gasteiger partial charge in [0.2, 0.25) is 0 Å². The van der Waals surface area contributed by atoms with Crippen molar-refractivity contribution in [3.63, 3.8) is 0 Å². The Balaban J connectivity index is 1.92. The van der Waals surface area contributed by atoms with E-state index in [2.05, 4.69) is 5.32 Å². The van der Waals surface area contributed by atoms with Gasteiger partial charge in [0.05, 0.1) is 12.2 Å². The number of rotatable bonds is 7. The predicted molar refractivity (Wildman–Crippen MR) is 102 cm³/mol. The van der Waals surface area contributed by atoms with E-state index in [0.29, 0.717) is 23.8 Å². The number of aryl methyl sites for hydroxylation is 2. The summed E-state index contributed by atoms with van der Waals surface area (Å²) in [6.45, 7) is 8.15. The average Bonchev–Trinajstić information content (AvgIpc) is 2.61. The van der Waals surface area contributed by atoms with Gasteiger partial charge in [0, 0.05) is 5.69 Å². The fourth-order valence-corrected chi connectivity index (χ4v) is 2.38. The normalized spacial score (nSPS) is 10.5. The molecule has 5 heteroatoms. The van der Waals surface area contributed by atoms with Crippen LogP contribution in [0.4, 0.5) is 5.69 Å². The zero-order valence-electron chi connectivity index (χ0n) is 15.7. The molecule has 26 heavy (non-hydrogen) atoms. The third-order valence-corrected chi connectivity index (χ3v) is 3.73. The van der Waals surface area contributed by atoms with Crippen molar-refractivity contribution < 1.29 is 19.1 Å². The lowest BCUT2D eigenvalue weighted by molar-refractivity contribution is -0.119. The van der Waals surface area contributed by atoms with Crippen molar-refractivity contribution in [2.45, 2.75) is 27.7 Å². The molecule has 0 heterocycles. The lowest BCUT2D eigenvalue weighted by Crippen LogP contribution is -2.21. The summed E-state index contributed by atoms with van der Waals surface area (Å²) in [5.41, 5.74) is 3.02. The molecule has 0 fully saturated rings. The summed E-state index contributed by atoms with van der Waals surface area (Å²) in [5.74, 6) is 0.0620. The molecule has 0 saturated carbocycles. The zero-order valence-corrected chi connectivity index (χ0v) is 15.7. The van der Waals surface area contributed by atoms with E-state index in [1.807, 2.05) is 45.9 Å². The van der Waals surface area contributed by atoms with Crippen molar-refractivity contribution in [2.24, 2.45) is 5.92 Å². The first-order valence-electron chi connectivity index (χ1n) is 8.63. The Morgan fingerprint density at radius 2 is 1.69 bits per heavy atom. The van der Waals surface area contributed by atoms with Crippen molar-refractivity contribution in [1.82, 2.24) is 0 Å². The van der Waals surface area contributed by atoms with Gasteiger partial charge in [-0.15, -0.1) is 0 Å².